The summed E-state index contributed by atoms with van der Waals surface area (Å²) in [5, 5.41) is 0. The highest BCUT2D eigenvalue weighted by atomic mass is 16.5. The van der Waals surface area contributed by atoms with Gasteiger partial charge < -0.3 is 15.4 Å². The van der Waals surface area contributed by atoms with Crippen LogP contribution in [0.3, 0.4) is 0 Å². The van der Waals surface area contributed by atoms with Gasteiger partial charge in [-0.05, 0) is 67.9 Å². The molecule has 2 saturated carbocycles. The molecule has 1 heterocycles. The summed E-state index contributed by atoms with van der Waals surface area (Å²) >= 11 is 0. The van der Waals surface area contributed by atoms with Crippen LogP contribution in [0.5, 0.6) is 0 Å². The van der Waals surface area contributed by atoms with E-state index in [9.17, 15) is 0 Å². The Bertz CT molecular complexity index is 1090. The van der Waals surface area contributed by atoms with Gasteiger partial charge in [-0.2, -0.15) is 0 Å². The Balaban J connectivity index is 1.54. The molecule has 2 fully saturated rings. The first-order valence-corrected chi connectivity index (χ1v) is 11.2. The number of aliphatic imine (C=N–C) groups is 1. The van der Waals surface area contributed by atoms with Crippen LogP contribution in [0, 0.1) is 24.7 Å². The molecule has 2 aromatic rings. The van der Waals surface area contributed by atoms with Crippen molar-refractivity contribution in [2.24, 2.45) is 21.6 Å². The third-order valence-corrected chi connectivity index (χ3v) is 8.77. The number of rotatable bonds is 2. The predicted octanol–water partition coefficient (Wildman–Crippen LogP) is 4.17. The van der Waals surface area contributed by atoms with Crippen LogP contribution in [0.2, 0.25) is 0 Å². The van der Waals surface area contributed by atoms with Gasteiger partial charge in [0.1, 0.15) is 5.54 Å². The Morgan fingerprint density at radius 3 is 2.57 bits per heavy atom. The number of aryl methyl sites for hydroxylation is 2. The maximum atomic E-state index is 6.45. The molecule has 0 radical (unpaired) electrons. The number of nitrogens with zero attached hydrogens (tertiary/aromatic N) is 2. The molecule has 3 spiro atoms. The highest BCUT2D eigenvalue weighted by Crippen LogP contribution is 2.89. The normalized spacial score (nSPS) is 35.8. The van der Waals surface area contributed by atoms with E-state index in [1.807, 2.05) is 7.11 Å². The zero-order valence-electron chi connectivity index (χ0n) is 18.5. The molecule has 0 bridgehead atoms. The number of guanidine groups is 1. The molecule has 4 heteroatoms. The molecule has 156 valence electrons. The average Bonchev–Trinajstić information content (AvgIpc) is 3.08. The molecule has 4 atom stereocenters. The standard InChI is InChI=1S/C26H31N3O/c1-16-9-17(2)11-20(10-16)18-5-6-19-13-24-8-7-21(30-4)14-25(24)15-29(3)23(27)28-26(24,25)22(19)12-18/h5-6,9-12,21H,7-8,13-15H2,1-4H3,(H2,27,28). The summed E-state index contributed by atoms with van der Waals surface area (Å²) < 4.78 is 5.86. The second-order valence-electron chi connectivity index (χ2n) is 10.2. The number of ether oxygens (including phenoxy) is 1. The smallest absolute Gasteiger partial charge is 0.191 e. The van der Waals surface area contributed by atoms with E-state index in [2.05, 4.69) is 62.2 Å². The van der Waals surface area contributed by atoms with E-state index >= 15 is 0 Å². The second kappa shape index (κ2) is 5.67. The minimum atomic E-state index is -0.173. The number of methoxy groups -OCH3 is 1. The third-order valence-electron chi connectivity index (χ3n) is 8.77. The fourth-order valence-corrected chi connectivity index (χ4v) is 7.65. The molecular formula is C26H31N3O. The van der Waals surface area contributed by atoms with E-state index in [1.54, 1.807) is 0 Å². The lowest BCUT2D eigenvalue weighted by molar-refractivity contribution is 0.0214. The highest BCUT2D eigenvalue weighted by molar-refractivity contribution is 5.83. The molecule has 6 rings (SSSR count). The van der Waals surface area contributed by atoms with E-state index in [4.69, 9.17) is 15.5 Å². The van der Waals surface area contributed by atoms with Crippen molar-refractivity contribution < 1.29 is 4.74 Å². The summed E-state index contributed by atoms with van der Waals surface area (Å²) in [6.07, 6.45) is 4.82. The van der Waals surface area contributed by atoms with Crippen molar-refractivity contribution in [1.29, 1.82) is 0 Å². The quantitative estimate of drug-likeness (QED) is 0.822. The first kappa shape index (κ1) is 18.4. The lowest BCUT2D eigenvalue weighted by Gasteiger charge is -2.39. The van der Waals surface area contributed by atoms with Crippen LogP contribution in [0.1, 0.15) is 41.5 Å². The Morgan fingerprint density at radius 2 is 1.83 bits per heavy atom. The Hall–Kier alpha value is -2.33. The molecule has 30 heavy (non-hydrogen) atoms. The molecule has 4 unspecified atom stereocenters. The number of hydrogen-bond donors (Lipinski definition) is 1. The van der Waals surface area contributed by atoms with Crippen molar-refractivity contribution in [3.8, 4) is 11.1 Å². The summed E-state index contributed by atoms with van der Waals surface area (Å²) in [4.78, 5) is 7.47. The van der Waals surface area contributed by atoms with E-state index in [0.29, 0.717) is 12.1 Å². The summed E-state index contributed by atoms with van der Waals surface area (Å²) in [5.74, 6) is 0.688. The molecule has 0 amide bonds. The van der Waals surface area contributed by atoms with Crippen molar-refractivity contribution in [1.82, 2.24) is 4.90 Å². The summed E-state index contributed by atoms with van der Waals surface area (Å²) in [7, 11) is 3.95. The minimum absolute atomic E-state index is 0.144. The summed E-state index contributed by atoms with van der Waals surface area (Å²) in [6.45, 7) is 5.33. The second-order valence-corrected chi connectivity index (χ2v) is 10.2. The van der Waals surface area contributed by atoms with E-state index < -0.39 is 0 Å². The van der Waals surface area contributed by atoms with Gasteiger partial charge in [-0.1, -0.05) is 41.5 Å². The fraction of sp³-hybridized carbons (Fsp3) is 0.500. The minimum Gasteiger partial charge on any atom is -0.381 e. The molecule has 2 aromatic carbocycles. The molecule has 0 aromatic heterocycles. The third kappa shape index (κ3) is 1.94. The van der Waals surface area contributed by atoms with E-state index in [0.717, 1.165) is 25.8 Å². The monoisotopic (exact) mass is 401 g/mol. The van der Waals surface area contributed by atoms with E-state index in [-0.39, 0.29) is 16.4 Å². The zero-order valence-corrected chi connectivity index (χ0v) is 18.5. The Morgan fingerprint density at radius 1 is 1.07 bits per heavy atom. The predicted molar refractivity (Wildman–Crippen MR) is 121 cm³/mol. The van der Waals surface area contributed by atoms with Crippen LogP contribution in [-0.2, 0) is 16.7 Å². The number of hydrogen-bond acceptors (Lipinski definition) is 4. The van der Waals surface area contributed by atoms with Gasteiger partial charge in [0, 0.05) is 31.5 Å². The van der Waals surface area contributed by atoms with Crippen LogP contribution < -0.4 is 5.73 Å². The lowest BCUT2D eigenvalue weighted by Crippen LogP contribution is -2.47. The lowest BCUT2D eigenvalue weighted by atomic mass is 9.73. The first-order chi connectivity index (χ1) is 14.4. The number of fused-ring (bicyclic) bond motifs is 1. The van der Waals surface area contributed by atoms with Crippen molar-refractivity contribution in [2.75, 3.05) is 20.7 Å². The molecule has 4 aliphatic rings. The number of nitrogens with two attached hydrogens (primary N) is 1. The highest BCUT2D eigenvalue weighted by Gasteiger charge is 2.91. The van der Waals surface area contributed by atoms with Gasteiger partial charge in [0.25, 0.3) is 0 Å². The maximum absolute atomic E-state index is 6.45. The molecule has 2 N–H and O–H groups in total. The SMILES string of the molecule is COC1CCC23Cc4ccc(-c5cc(C)cc(C)c5)cc4C24N=C(N)N(C)CC34C1. The molecule has 1 aliphatic heterocycles. The van der Waals surface area contributed by atoms with Gasteiger partial charge >= 0.3 is 0 Å². The van der Waals surface area contributed by atoms with Crippen LogP contribution in [-0.4, -0.2) is 37.7 Å². The summed E-state index contributed by atoms with van der Waals surface area (Å²) in [5.41, 5.74) is 14.7. The molecular weight excluding hydrogens is 370 g/mol. The fourth-order valence-electron chi connectivity index (χ4n) is 7.65. The van der Waals surface area contributed by atoms with Crippen molar-refractivity contribution in [3.05, 3.63) is 58.7 Å². The van der Waals surface area contributed by atoms with E-state index in [1.165, 1.54) is 39.8 Å². The molecule has 4 nitrogen and oxygen atoms in total. The molecule has 3 aliphatic carbocycles. The largest absolute Gasteiger partial charge is 0.381 e. The van der Waals surface area contributed by atoms with Gasteiger partial charge in [-0.3, -0.25) is 0 Å². The zero-order chi connectivity index (χ0) is 20.9. The van der Waals surface area contributed by atoms with Gasteiger partial charge in [0.05, 0.1) is 6.10 Å². The van der Waals surface area contributed by atoms with Crippen LogP contribution in [0.25, 0.3) is 11.1 Å². The van der Waals surface area contributed by atoms with Crippen LogP contribution >= 0.6 is 0 Å². The van der Waals surface area contributed by atoms with Crippen LogP contribution in [0.4, 0.5) is 0 Å². The average molecular weight is 402 g/mol. The molecule has 0 saturated heterocycles. The van der Waals surface area contributed by atoms with Crippen LogP contribution in [0.15, 0.2) is 41.4 Å². The van der Waals surface area contributed by atoms with Crippen molar-refractivity contribution >= 4 is 5.96 Å². The van der Waals surface area contributed by atoms with Gasteiger partial charge in [-0.25, -0.2) is 4.99 Å². The van der Waals surface area contributed by atoms with Gasteiger partial charge in [-0.15, -0.1) is 0 Å². The summed E-state index contributed by atoms with van der Waals surface area (Å²) in [6, 6.07) is 13.9. The van der Waals surface area contributed by atoms with Crippen molar-refractivity contribution in [2.45, 2.75) is 51.2 Å². The number of benzene rings is 2. The Labute approximate surface area is 179 Å². The topological polar surface area (TPSA) is 50.9 Å². The van der Waals surface area contributed by atoms with Gasteiger partial charge in [0.15, 0.2) is 5.96 Å². The maximum Gasteiger partial charge on any atom is 0.191 e. The van der Waals surface area contributed by atoms with Gasteiger partial charge in [0.2, 0.25) is 0 Å². The van der Waals surface area contributed by atoms with Crippen molar-refractivity contribution in [3.63, 3.8) is 0 Å². The first-order valence-electron chi connectivity index (χ1n) is 11.2. The Kier molecular flexibility index (Phi) is 3.49.